The summed E-state index contributed by atoms with van der Waals surface area (Å²) in [6, 6.07) is 11.8. The van der Waals surface area contributed by atoms with Gasteiger partial charge in [-0.05, 0) is 31.0 Å². The second kappa shape index (κ2) is 5.97. The van der Waals surface area contributed by atoms with Crippen molar-refractivity contribution >= 4 is 0 Å². The molecule has 0 heterocycles. The fourth-order valence-corrected chi connectivity index (χ4v) is 2.50. The van der Waals surface area contributed by atoms with Crippen molar-refractivity contribution < 1.29 is 9.47 Å². The molecule has 0 aliphatic rings. The number of para-hydroxylation sites is 1. The Morgan fingerprint density at radius 2 is 1.70 bits per heavy atom. The van der Waals surface area contributed by atoms with Crippen molar-refractivity contribution in [3.8, 4) is 11.5 Å². The van der Waals surface area contributed by atoms with Crippen molar-refractivity contribution in [3.05, 3.63) is 58.7 Å². The van der Waals surface area contributed by atoms with E-state index in [2.05, 4.69) is 32.0 Å². The van der Waals surface area contributed by atoms with Crippen LogP contribution in [0.15, 0.2) is 36.4 Å². The van der Waals surface area contributed by atoms with Crippen LogP contribution in [0, 0.1) is 13.8 Å². The molecule has 2 rings (SSSR count). The molecule has 0 saturated carbocycles. The first kappa shape index (κ1) is 14.4. The lowest BCUT2D eigenvalue weighted by atomic mass is 9.94. The monoisotopic (exact) mass is 271 g/mol. The molecule has 0 spiro atoms. The van der Waals surface area contributed by atoms with E-state index in [4.69, 9.17) is 15.2 Å². The molecule has 1 atom stereocenters. The highest BCUT2D eigenvalue weighted by molar-refractivity contribution is 5.51. The zero-order chi connectivity index (χ0) is 14.7. The van der Waals surface area contributed by atoms with Crippen LogP contribution in [0.2, 0.25) is 0 Å². The summed E-state index contributed by atoms with van der Waals surface area (Å²) in [4.78, 5) is 0. The quantitative estimate of drug-likeness (QED) is 0.927. The maximum atomic E-state index is 6.43. The minimum atomic E-state index is -0.236. The second-order valence-corrected chi connectivity index (χ2v) is 4.92. The van der Waals surface area contributed by atoms with Gasteiger partial charge in [0.1, 0.15) is 0 Å². The number of hydrogen-bond donors (Lipinski definition) is 1. The predicted octanol–water partition coefficient (Wildman–Crippen LogP) is 3.37. The molecule has 0 aliphatic heterocycles. The van der Waals surface area contributed by atoms with Gasteiger partial charge in [-0.2, -0.15) is 0 Å². The molecule has 0 bridgehead atoms. The highest BCUT2D eigenvalue weighted by Crippen LogP contribution is 2.36. The van der Waals surface area contributed by atoms with E-state index in [9.17, 15) is 0 Å². The Morgan fingerprint density at radius 3 is 2.30 bits per heavy atom. The lowest BCUT2D eigenvalue weighted by Gasteiger charge is -2.20. The van der Waals surface area contributed by atoms with Gasteiger partial charge in [-0.3, -0.25) is 0 Å². The van der Waals surface area contributed by atoms with Gasteiger partial charge in [-0.1, -0.05) is 35.9 Å². The Balaban J connectivity index is 2.50. The van der Waals surface area contributed by atoms with Crippen molar-refractivity contribution in [2.75, 3.05) is 14.2 Å². The maximum absolute atomic E-state index is 6.43. The average Bonchev–Trinajstić information content (AvgIpc) is 2.45. The van der Waals surface area contributed by atoms with Gasteiger partial charge in [0.25, 0.3) is 0 Å². The molecule has 0 amide bonds. The third-order valence-corrected chi connectivity index (χ3v) is 3.53. The molecule has 0 aliphatic carbocycles. The third kappa shape index (κ3) is 2.63. The summed E-state index contributed by atoms with van der Waals surface area (Å²) in [7, 11) is 3.26. The molecule has 1 unspecified atom stereocenters. The van der Waals surface area contributed by atoms with E-state index in [-0.39, 0.29) is 6.04 Å². The molecule has 106 valence electrons. The minimum absolute atomic E-state index is 0.236. The van der Waals surface area contributed by atoms with Gasteiger partial charge < -0.3 is 15.2 Å². The SMILES string of the molecule is COc1cccc(C(N)c2ccc(C)cc2C)c1OC. The first-order valence-corrected chi connectivity index (χ1v) is 6.62. The first-order chi connectivity index (χ1) is 9.58. The summed E-state index contributed by atoms with van der Waals surface area (Å²) in [5.41, 5.74) is 10.9. The van der Waals surface area contributed by atoms with Crippen LogP contribution in [0.3, 0.4) is 0 Å². The van der Waals surface area contributed by atoms with Crippen LogP contribution in [-0.2, 0) is 0 Å². The lowest BCUT2D eigenvalue weighted by Crippen LogP contribution is -2.14. The standard InChI is InChI=1S/C17H21NO2/c1-11-8-9-13(12(2)10-11)16(18)14-6-5-7-15(19-3)17(14)20-4/h5-10,16H,18H2,1-4H3. The summed E-state index contributed by atoms with van der Waals surface area (Å²) in [5, 5.41) is 0. The van der Waals surface area contributed by atoms with Crippen LogP contribution < -0.4 is 15.2 Å². The molecule has 2 N–H and O–H groups in total. The molecule has 20 heavy (non-hydrogen) atoms. The van der Waals surface area contributed by atoms with E-state index >= 15 is 0 Å². The van der Waals surface area contributed by atoms with E-state index in [0.29, 0.717) is 11.5 Å². The van der Waals surface area contributed by atoms with E-state index in [0.717, 1.165) is 11.1 Å². The zero-order valence-corrected chi connectivity index (χ0v) is 12.4. The number of rotatable bonds is 4. The van der Waals surface area contributed by atoms with Crippen LogP contribution >= 0.6 is 0 Å². The highest BCUT2D eigenvalue weighted by Gasteiger charge is 2.18. The van der Waals surface area contributed by atoms with Crippen LogP contribution in [-0.4, -0.2) is 14.2 Å². The Morgan fingerprint density at radius 1 is 0.950 bits per heavy atom. The Labute approximate surface area is 120 Å². The van der Waals surface area contributed by atoms with Crippen LogP contribution in [0.4, 0.5) is 0 Å². The summed E-state index contributed by atoms with van der Waals surface area (Å²) in [5.74, 6) is 1.40. The van der Waals surface area contributed by atoms with E-state index in [1.807, 2.05) is 18.2 Å². The van der Waals surface area contributed by atoms with E-state index < -0.39 is 0 Å². The van der Waals surface area contributed by atoms with Crippen molar-refractivity contribution in [3.63, 3.8) is 0 Å². The lowest BCUT2D eigenvalue weighted by molar-refractivity contribution is 0.350. The number of aryl methyl sites for hydroxylation is 2. The van der Waals surface area contributed by atoms with Gasteiger partial charge in [-0.15, -0.1) is 0 Å². The fraction of sp³-hybridized carbons (Fsp3) is 0.294. The Hall–Kier alpha value is -2.00. The summed E-state index contributed by atoms with van der Waals surface area (Å²) < 4.78 is 10.8. The molecule has 0 saturated heterocycles. The summed E-state index contributed by atoms with van der Waals surface area (Å²) >= 11 is 0. The third-order valence-electron chi connectivity index (χ3n) is 3.53. The van der Waals surface area contributed by atoms with E-state index in [1.165, 1.54) is 11.1 Å². The minimum Gasteiger partial charge on any atom is -0.493 e. The van der Waals surface area contributed by atoms with Crippen molar-refractivity contribution in [2.24, 2.45) is 5.73 Å². The van der Waals surface area contributed by atoms with Gasteiger partial charge in [0, 0.05) is 5.56 Å². The molecular formula is C17H21NO2. The number of hydrogen-bond acceptors (Lipinski definition) is 3. The second-order valence-electron chi connectivity index (χ2n) is 4.92. The van der Waals surface area contributed by atoms with Gasteiger partial charge in [-0.25, -0.2) is 0 Å². The van der Waals surface area contributed by atoms with E-state index in [1.54, 1.807) is 14.2 Å². The van der Waals surface area contributed by atoms with Crippen LogP contribution in [0.5, 0.6) is 11.5 Å². The Kier molecular flexibility index (Phi) is 4.30. The molecule has 2 aromatic carbocycles. The average molecular weight is 271 g/mol. The number of methoxy groups -OCH3 is 2. The number of ether oxygens (including phenoxy) is 2. The van der Waals surface area contributed by atoms with Crippen LogP contribution in [0.1, 0.15) is 28.3 Å². The highest BCUT2D eigenvalue weighted by atomic mass is 16.5. The smallest absolute Gasteiger partial charge is 0.165 e. The molecule has 3 heteroatoms. The van der Waals surface area contributed by atoms with Gasteiger partial charge in [0.2, 0.25) is 0 Å². The molecule has 3 nitrogen and oxygen atoms in total. The topological polar surface area (TPSA) is 44.5 Å². The number of nitrogens with two attached hydrogens (primary N) is 1. The predicted molar refractivity (Wildman–Crippen MR) is 81.5 cm³/mol. The first-order valence-electron chi connectivity index (χ1n) is 6.62. The number of benzene rings is 2. The van der Waals surface area contributed by atoms with Crippen molar-refractivity contribution in [2.45, 2.75) is 19.9 Å². The summed E-state index contributed by atoms with van der Waals surface area (Å²) in [6.07, 6.45) is 0. The summed E-state index contributed by atoms with van der Waals surface area (Å²) in [6.45, 7) is 4.16. The van der Waals surface area contributed by atoms with Gasteiger partial charge >= 0.3 is 0 Å². The zero-order valence-electron chi connectivity index (χ0n) is 12.4. The van der Waals surface area contributed by atoms with Crippen molar-refractivity contribution in [1.29, 1.82) is 0 Å². The largest absolute Gasteiger partial charge is 0.493 e. The van der Waals surface area contributed by atoms with Gasteiger partial charge in [0.15, 0.2) is 11.5 Å². The molecule has 0 radical (unpaired) electrons. The molecule has 0 aromatic heterocycles. The Bertz CT molecular complexity index is 608. The molecule has 2 aromatic rings. The molecular weight excluding hydrogens is 250 g/mol. The molecule has 0 fully saturated rings. The fourth-order valence-electron chi connectivity index (χ4n) is 2.50. The van der Waals surface area contributed by atoms with Gasteiger partial charge in [0.05, 0.1) is 20.3 Å². The van der Waals surface area contributed by atoms with Crippen LogP contribution in [0.25, 0.3) is 0 Å². The normalized spacial score (nSPS) is 12.1. The van der Waals surface area contributed by atoms with Crippen molar-refractivity contribution in [1.82, 2.24) is 0 Å². The maximum Gasteiger partial charge on any atom is 0.165 e.